The monoisotopic (exact) mass is 304 g/mol. The molecule has 0 heterocycles. The third kappa shape index (κ3) is 3.10. The van der Waals surface area contributed by atoms with E-state index < -0.39 is 0 Å². The molecule has 0 unspecified atom stereocenters. The number of nitrogens with one attached hydrogen (secondary N) is 1. The van der Waals surface area contributed by atoms with Crippen molar-refractivity contribution in [2.75, 3.05) is 6.61 Å². The molecule has 1 saturated carbocycles. The fourth-order valence-corrected chi connectivity index (χ4v) is 2.97. The predicted molar refractivity (Wildman–Crippen MR) is 82.6 cm³/mol. The normalized spacial score (nSPS) is 24.6. The van der Waals surface area contributed by atoms with Crippen molar-refractivity contribution in [2.45, 2.75) is 19.8 Å². The van der Waals surface area contributed by atoms with Gasteiger partial charge in [0.05, 0.1) is 0 Å². The van der Waals surface area contributed by atoms with Crippen LogP contribution in [0.3, 0.4) is 0 Å². The van der Waals surface area contributed by atoms with Gasteiger partial charge in [-0.05, 0) is 49.4 Å². The van der Waals surface area contributed by atoms with Gasteiger partial charge in [0.1, 0.15) is 5.75 Å². The molecule has 0 radical (unpaired) electrons. The molecule has 2 aliphatic rings. The molecule has 2 atom stereocenters. The van der Waals surface area contributed by atoms with Crippen LogP contribution in [0.2, 0.25) is 5.02 Å². The number of halogens is 1. The molecule has 0 aliphatic heterocycles. The third-order valence-electron chi connectivity index (χ3n) is 3.98. The lowest BCUT2D eigenvalue weighted by Gasteiger charge is -2.31. The maximum absolute atomic E-state index is 11.7. The van der Waals surface area contributed by atoms with Crippen LogP contribution in [-0.2, 0) is 4.79 Å². The second-order valence-corrected chi connectivity index (χ2v) is 5.91. The number of aryl methyl sites for hydroxylation is 1. The van der Waals surface area contributed by atoms with Crippen LogP contribution in [0.5, 0.6) is 5.75 Å². The van der Waals surface area contributed by atoms with Gasteiger partial charge in [-0.1, -0.05) is 23.8 Å². The molecule has 0 bridgehead atoms. The number of carbonyl (C=O) groups excluding carboxylic acids is 1. The average molecular weight is 305 g/mol. The molecule has 1 amide bonds. The summed E-state index contributed by atoms with van der Waals surface area (Å²) in [5, 5.41) is 4.85. The summed E-state index contributed by atoms with van der Waals surface area (Å²) in [7, 11) is 0. The first-order chi connectivity index (χ1) is 10.1. The van der Waals surface area contributed by atoms with E-state index in [4.69, 9.17) is 16.3 Å². The first-order valence-electron chi connectivity index (χ1n) is 7.04. The standard InChI is InChI=1S/C16H17ClN2O2/c1-10-7-12(17)5-6-15(10)21-9-16(20)19-18-14-8-11-3-2-4-13(11)14/h2-3,5-7,11,13H,4,8-9H2,1H3,(H,19,20)/t11-,13-/m1/s1. The second-order valence-electron chi connectivity index (χ2n) is 5.47. The van der Waals surface area contributed by atoms with Gasteiger partial charge in [0.2, 0.25) is 0 Å². The summed E-state index contributed by atoms with van der Waals surface area (Å²) in [6.07, 6.45) is 6.42. The molecule has 3 rings (SSSR count). The quantitative estimate of drug-likeness (QED) is 0.686. The number of hydrogen-bond donors (Lipinski definition) is 1. The van der Waals surface area contributed by atoms with E-state index in [0.717, 1.165) is 24.1 Å². The number of allylic oxidation sites excluding steroid dienone is 2. The van der Waals surface area contributed by atoms with Crippen molar-refractivity contribution in [2.24, 2.45) is 16.9 Å². The number of hydrazone groups is 1. The highest BCUT2D eigenvalue weighted by Gasteiger charge is 2.37. The van der Waals surface area contributed by atoms with Gasteiger partial charge in [0.15, 0.2) is 6.61 Å². The molecule has 1 fully saturated rings. The Hall–Kier alpha value is -1.81. The summed E-state index contributed by atoms with van der Waals surface area (Å²) < 4.78 is 5.47. The van der Waals surface area contributed by atoms with Crippen molar-refractivity contribution in [3.8, 4) is 5.75 Å². The largest absolute Gasteiger partial charge is 0.483 e. The van der Waals surface area contributed by atoms with Gasteiger partial charge in [0, 0.05) is 16.7 Å². The maximum atomic E-state index is 11.7. The van der Waals surface area contributed by atoms with Crippen molar-refractivity contribution < 1.29 is 9.53 Å². The van der Waals surface area contributed by atoms with Crippen molar-refractivity contribution in [1.29, 1.82) is 0 Å². The van der Waals surface area contributed by atoms with Gasteiger partial charge >= 0.3 is 0 Å². The van der Waals surface area contributed by atoms with E-state index in [0.29, 0.717) is 22.6 Å². The zero-order chi connectivity index (χ0) is 14.8. The minimum Gasteiger partial charge on any atom is -0.483 e. The second kappa shape index (κ2) is 5.90. The Bertz CT molecular complexity index is 625. The number of nitrogens with zero attached hydrogens (tertiary/aromatic N) is 1. The van der Waals surface area contributed by atoms with Crippen LogP contribution in [-0.4, -0.2) is 18.2 Å². The highest BCUT2D eigenvalue weighted by molar-refractivity contribution is 6.30. The van der Waals surface area contributed by atoms with Gasteiger partial charge in [-0.2, -0.15) is 5.10 Å². The molecular formula is C16H17ClN2O2. The third-order valence-corrected chi connectivity index (χ3v) is 4.22. The summed E-state index contributed by atoms with van der Waals surface area (Å²) in [5.74, 6) is 1.55. The minimum absolute atomic E-state index is 0.0500. The van der Waals surface area contributed by atoms with E-state index in [2.05, 4.69) is 22.7 Å². The maximum Gasteiger partial charge on any atom is 0.277 e. The lowest BCUT2D eigenvalue weighted by atomic mass is 9.74. The topological polar surface area (TPSA) is 50.7 Å². The Morgan fingerprint density at radius 1 is 1.52 bits per heavy atom. The SMILES string of the molecule is Cc1cc(Cl)ccc1OCC(=O)NN=C1C[C@H]2C=CC[C@@H]12. The van der Waals surface area contributed by atoms with E-state index in [1.807, 2.05) is 6.92 Å². The van der Waals surface area contributed by atoms with Crippen LogP contribution in [0.1, 0.15) is 18.4 Å². The summed E-state index contributed by atoms with van der Waals surface area (Å²) in [5.41, 5.74) is 4.56. The van der Waals surface area contributed by atoms with Crippen LogP contribution in [0, 0.1) is 18.8 Å². The van der Waals surface area contributed by atoms with E-state index in [1.165, 1.54) is 0 Å². The number of ether oxygens (including phenoxy) is 1. The Morgan fingerprint density at radius 2 is 2.38 bits per heavy atom. The van der Waals surface area contributed by atoms with Crippen molar-refractivity contribution in [3.63, 3.8) is 0 Å². The van der Waals surface area contributed by atoms with E-state index in [9.17, 15) is 4.79 Å². The van der Waals surface area contributed by atoms with E-state index >= 15 is 0 Å². The molecule has 21 heavy (non-hydrogen) atoms. The number of carbonyl (C=O) groups is 1. The molecule has 1 aromatic carbocycles. The fraction of sp³-hybridized carbons (Fsp3) is 0.375. The number of benzene rings is 1. The van der Waals surface area contributed by atoms with Crippen LogP contribution in [0.4, 0.5) is 0 Å². The molecular weight excluding hydrogens is 288 g/mol. The Morgan fingerprint density at radius 3 is 3.14 bits per heavy atom. The van der Waals surface area contributed by atoms with Gasteiger partial charge in [-0.15, -0.1) is 0 Å². The summed E-state index contributed by atoms with van der Waals surface area (Å²) in [4.78, 5) is 11.7. The van der Waals surface area contributed by atoms with E-state index in [1.54, 1.807) is 18.2 Å². The minimum atomic E-state index is -0.244. The molecule has 0 aromatic heterocycles. The molecule has 1 aromatic rings. The number of amides is 1. The predicted octanol–water partition coefficient (Wildman–Crippen LogP) is 3.10. The van der Waals surface area contributed by atoms with Crippen molar-refractivity contribution in [3.05, 3.63) is 40.9 Å². The molecule has 4 nitrogen and oxygen atoms in total. The average Bonchev–Trinajstić information content (AvgIpc) is 2.79. The lowest BCUT2D eigenvalue weighted by Crippen LogP contribution is -2.36. The molecule has 0 spiro atoms. The first kappa shape index (κ1) is 14.1. The Kier molecular flexibility index (Phi) is 3.97. The Balaban J connectivity index is 1.47. The molecule has 1 N–H and O–H groups in total. The van der Waals surface area contributed by atoms with Crippen LogP contribution >= 0.6 is 11.6 Å². The molecule has 0 saturated heterocycles. The van der Waals surface area contributed by atoms with Gasteiger partial charge in [0.25, 0.3) is 5.91 Å². The fourth-order valence-electron chi connectivity index (χ4n) is 2.75. The number of hydrogen-bond acceptors (Lipinski definition) is 3. The van der Waals surface area contributed by atoms with Crippen LogP contribution in [0.15, 0.2) is 35.5 Å². The van der Waals surface area contributed by atoms with Crippen molar-refractivity contribution in [1.82, 2.24) is 5.43 Å². The van der Waals surface area contributed by atoms with Crippen LogP contribution in [0.25, 0.3) is 0 Å². The molecule has 110 valence electrons. The summed E-state index contributed by atoms with van der Waals surface area (Å²) >= 11 is 5.87. The summed E-state index contributed by atoms with van der Waals surface area (Å²) in [6, 6.07) is 5.30. The zero-order valence-corrected chi connectivity index (χ0v) is 12.6. The zero-order valence-electron chi connectivity index (χ0n) is 11.8. The highest BCUT2D eigenvalue weighted by Crippen LogP contribution is 2.40. The van der Waals surface area contributed by atoms with Gasteiger partial charge in [-0.3, -0.25) is 4.79 Å². The summed E-state index contributed by atoms with van der Waals surface area (Å²) in [6.45, 7) is 1.84. The van der Waals surface area contributed by atoms with Crippen molar-refractivity contribution >= 4 is 23.2 Å². The van der Waals surface area contributed by atoms with E-state index in [-0.39, 0.29) is 12.5 Å². The molecule has 5 heteroatoms. The molecule has 2 aliphatic carbocycles. The van der Waals surface area contributed by atoms with Crippen LogP contribution < -0.4 is 10.2 Å². The van der Waals surface area contributed by atoms with Gasteiger partial charge < -0.3 is 4.74 Å². The smallest absolute Gasteiger partial charge is 0.277 e. The number of rotatable bonds is 4. The number of fused-ring (bicyclic) bond motifs is 1. The highest BCUT2D eigenvalue weighted by atomic mass is 35.5. The van der Waals surface area contributed by atoms with Gasteiger partial charge in [-0.25, -0.2) is 5.43 Å². The Labute approximate surface area is 128 Å². The lowest BCUT2D eigenvalue weighted by molar-refractivity contribution is -0.123. The first-order valence-corrected chi connectivity index (χ1v) is 7.42.